The maximum absolute atomic E-state index is 10.3. The van der Waals surface area contributed by atoms with E-state index >= 15 is 0 Å². The fourth-order valence-corrected chi connectivity index (χ4v) is 2.53. The molecule has 0 amide bonds. The van der Waals surface area contributed by atoms with Gasteiger partial charge < -0.3 is 5.11 Å². The molecule has 0 saturated heterocycles. The van der Waals surface area contributed by atoms with Crippen LogP contribution in [-0.4, -0.2) is 16.8 Å². The van der Waals surface area contributed by atoms with Crippen molar-refractivity contribution in [2.24, 2.45) is 0 Å². The molecule has 0 aromatic heterocycles. The number of carboxylic acid groups (broad SMARTS) is 1. The van der Waals surface area contributed by atoms with Crippen molar-refractivity contribution < 1.29 is 9.90 Å². The van der Waals surface area contributed by atoms with Crippen molar-refractivity contribution in [3.05, 3.63) is 35.4 Å². The first-order valence-electron chi connectivity index (χ1n) is 5.54. The molecule has 0 fully saturated rings. The maximum Gasteiger partial charge on any atom is 0.303 e. The zero-order chi connectivity index (χ0) is 11.8. The van der Waals surface area contributed by atoms with Crippen molar-refractivity contribution in [1.82, 2.24) is 0 Å². The normalized spacial score (nSPS) is 10.3. The first-order chi connectivity index (χ1) is 7.70. The molecule has 1 aromatic rings. The molecule has 0 heterocycles. The fourth-order valence-electron chi connectivity index (χ4n) is 1.43. The number of thioether (sulfide) groups is 1. The molecule has 0 aliphatic rings. The van der Waals surface area contributed by atoms with Gasteiger partial charge in [0.25, 0.3) is 0 Å². The Kier molecular flexibility index (Phi) is 6.01. The lowest BCUT2D eigenvalue weighted by Crippen LogP contribution is -1.94. The van der Waals surface area contributed by atoms with Gasteiger partial charge in [-0.05, 0) is 36.6 Å². The van der Waals surface area contributed by atoms with Gasteiger partial charge in [0, 0.05) is 12.2 Å². The Balaban J connectivity index is 2.12. The predicted octanol–water partition coefficient (Wildman–Crippen LogP) is 3.48. The molecule has 0 aliphatic heterocycles. The molecule has 0 aliphatic carbocycles. The van der Waals surface area contributed by atoms with Crippen molar-refractivity contribution in [1.29, 1.82) is 0 Å². The second-order valence-corrected chi connectivity index (χ2v) is 4.94. The average molecular weight is 238 g/mol. The highest BCUT2D eigenvalue weighted by atomic mass is 32.2. The zero-order valence-electron chi connectivity index (χ0n) is 9.61. The van der Waals surface area contributed by atoms with Crippen LogP contribution in [0.2, 0.25) is 0 Å². The summed E-state index contributed by atoms with van der Waals surface area (Å²) in [4.78, 5) is 10.3. The van der Waals surface area contributed by atoms with E-state index in [0.717, 1.165) is 24.3 Å². The quantitative estimate of drug-likeness (QED) is 0.739. The second kappa shape index (κ2) is 7.34. The van der Waals surface area contributed by atoms with E-state index in [0.29, 0.717) is 6.42 Å². The summed E-state index contributed by atoms with van der Waals surface area (Å²) >= 11 is 1.88. The Morgan fingerprint density at radius 2 is 2.06 bits per heavy atom. The van der Waals surface area contributed by atoms with Gasteiger partial charge in [0.1, 0.15) is 0 Å². The summed E-state index contributed by atoms with van der Waals surface area (Å²) in [5.41, 5.74) is 2.71. The average Bonchev–Trinajstić information content (AvgIpc) is 2.25. The number of carbonyl (C=O) groups is 1. The van der Waals surface area contributed by atoms with E-state index in [1.165, 1.54) is 11.1 Å². The molecular formula is C13H18O2S. The van der Waals surface area contributed by atoms with Crippen molar-refractivity contribution in [3.63, 3.8) is 0 Å². The SMILES string of the molecule is Cc1ccccc1CSCCCCC(=O)O. The lowest BCUT2D eigenvalue weighted by molar-refractivity contribution is -0.137. The molecule has 3 heteroatoms. The molecular weight excluding hydrogens is 220 g/mol. The molecule has 1 rings (SSSR count). The molecule has 0 unspecified atom stereocenters. The van der Waals surface area contributed by atoms with E-state index in [9.17, 15) is 4.79 Å². The number of aliphatic carboxylic acids is 1. The first kappa shape index (κ1) is 13.1. The Labute approximate surface area is 101 Å². The van der Waals surface area contributed by atoms with Crippen LogP contribution >= 0.6 is 11.8 Å². The van der Waals surface area contributed by atoms with Gasteiger partial charge in [-0.25, -0.2) is 0 Å². The van der Waals surface area contributed by atoms with Crippen molar-refractivity contribution in [3.8, 4) is 0 Å². The van der Waals surface area contributed by atoms with Crippen LogP contribution < -0.4 is 0 Å². The predicted molar refractivity (Wildman–Crippen MR) is 68.8 cm³/mol. The summed E-state index contributed by atoms with van der Waals surface area (Å²) in [6.45, 7) is 2.13. The van der Waals surface area contributed by atoms with E-state index in [-0.39, 0.29) is 0 Å². The van der Waals surface area contributed by atoms with Gasteiger partial charge >= 0.3 is 5.97 Å². The van der Waals surface area contributed by atoms with E-state index in [4.69, 9.17) is 5.11 Å². The summed E-state index contributed by atoms with van der Waals surface area (Å²) in [5, 5.41) is 8.48. The number of hydrogen-bond acceptors (Lipinski definition) is 2. The Morgan fingerprint density at radius 3 is 2.75 bits per heavy atom. The Morgan fingerprint density at radius 1 is 1.31 bits per heavy atom. The van der Waals surface area contributed by atoms with Gasteiger partial charge in [-0.2, -0.15) is 11.8 Å². The minimum atomic E-state index is -0.691. The summed E-state index contributed by atoms with van der Waals surface area (Å²) < 4.78 is 0. The van der Waals surface area contributed by atoms with E-state index < -0.39 is 5.97 Å². The molecule has 0 bridgehead atoms. The smallest absolute Gasteiger partial charge is 0.303 e. The monoisotopic (exact) mass is 238 g/mol. The summed E-state index contributed by atoms with van der Waals surface area (Å²) in [5.74, 6) is 1.38. The maximum atomic E-state index is 10.3. The third kappa shape index (κ3) is 5.21. The number of unbranched alkanes of at least 4 members (excludes halogenated alkanes) is 1. The molecule has 0 spiro atoms. The van der Waals surface area contributed by atoms with E-state index in [2.05, 4.69) is 31.2 Å². The van der Waals surface area contributed by atoms with E-state index in [1.54, 1.807) is 0 Å². The largest absolute Gasteiger partial charge is 0.481 e. The fraction of sp³-hybridized carbons (Fsp3) is 0.462. The zero-order valence-corrected chi connectivity index (χ0v) is 10.4. The summed E-state index contributed by atoms with van der Waals surface area (Å²) in [6, 6.07) is 8.39. The summed E-state index contributed by atoms with van der Waals surface area (Å²) in [7, 11) is 0. The van der Waals surface area contributed by atoms with Crippen molar-refractivity contribution >= 4 is 17.7 Å². The van der Waals surface area contributed by atoms with Gasteiger partial charge in [-0.3, -0.25) is 4.79 Å². The molecule has 2 nitrogen and oxygen atoms in total. The van der Waals surface area contributed by atoms with Crippen molar-refractivity contribution in [2.45, 2.75) is 31.9 Å². The molecule has 0 saturated carbocycles. The third-order valence-corrected chi connectivity index (χ3v) is 3.54. The van der Waals surface area contributed by atoms with Crippen LogP contribution in [0.4, 0.5) is 0 Å². The van der Waals surface area contributed by atoms with Crippen LogP contribution in [0.1, 0.15) is 30.4 Å². The van der Waals surface area contributed by atoms with Gasteiger partial charge in [-0.1, -0.05) is 24.3 Å². The minimum Gasteiger partial charge on any atom is -0.481 e. The van der Waals surface area contributed by atoms with Gasteiger partial charge in [0.05, 0.1) is 0 Å². The Hall–Kier alpha value is -0.960. The van der Waals surface area contributed by atoms with Crippen LogP contribution in [0.3, 0.4) is 0 Å². The molecule has 16 heavy (non-hydrogen) atoms. The molecule has 0 radical (unpaired) electrons. The van der Waals surface area contributed by atoms with Crippen LogP contribution in [-0.2, 0) is 10.5 Å². The standard InChI is InChI=1S/C13H18O2S/c1-11-6-2-3-7-12(11)10-16-9-5-4-8-13(14)15/h2-3,6-7H,4-5,8-10H2,1H3,(H,14,15). The van der Waals surface area contributed by atoms with Crippen molar-refractivity contribution in [2.75, 3.05) is 5.75 Å². The minimum absolute atomic E-state index is 0.297. The lowest BCUT2D eigenvalue weighted by atomic mass is 10.1. The number of benzene rings is 1. The summed E-state index contributed by atoms with van der Waals surface area (Å²) in [6.07, 6.45) is 2.07. The van der Waals surface area contributed by atoms with Crippen LogP contribution in [0, 0.1) is 6.92 Å². The van der Waals surface area contributed by atoms with Crippen LogP contribution in [0.15, 0.2) is 24.3 Å². The first-order valence-corrected chi connectivity index (χ1v) is 6.69. The molecule has 1 aromatic carbocycles. The van der Waals surface area contributed by atoms with E-state index in [1.807, 2.05) is 11.8 Å². The third-order valence-electron chi connectivity index (χ3n) is 2.45. The van der Waals surface area contributed by atoms with Gasteiger partial charge in [0.15, 0.2) is 0 Å². The molecule has 0 atom stereocenters. The lowest BCUT2D eigenvalue weighted by Gasteiger charge is -2.04. The highest BCUT2D eigenvalue weighted by molar-refractivity contribution is 7.98. The molecule has 88 valence electrons. The van der Waals surface area contributed by atoms with Gasteiger partial charge in [-0.15, -0.1) is 0 Å². The number of aryl methyl sites for hydroxylation is 1. The Bertz CT molecular complexity index is 336. The topological polar surface area (TPSA) is 37.3 Å². The molecule has 1 N–H and O–H groups in total. The number of carboxylic acids is 1. The number of rotatable bonds is 7. The second-order valence-electron chi connectivity index (χ2n) is 3.83. The number of hydrogen-bond donors (Lipinski definition) is 1. The highest BCUT2D eigenvalue weighted by Gasteiger charge is 1.99. The van der Waals surface area contributed by atoms with Crippen LogP contribution in [0.5, 0.6) is 0 Å². The van der Waals surface area contributed by atoms with Gasteiger partial charge in [0.2, 0.25) is 0 Å². The van der Waals surface area contributed by atoms with Crippen LogP contribution in [0.25, 0.3) is 0 Å². The highest BCUT2D eigenvalue weighted by Crippen LogP contribution is 2.17.